The first-order chi connectivity index (χ1) is 10.0. The third-order valence-electron chi connectivity index (χ3n) is 3.57. The summed E-state index contributed by atoms with van der Waals surface area (Å²) >= 11 is 0. The minimum atomic E-state index is -0.937. The van der Waals surface area contributed by atoms with Crippen LogP contribution in [0.5, 0.6) is 0 Å². The summed E-state index contributed by atoms with van der Waals surface area (Å²) in [6.07, 6.45) is 3.43. The van der Waals surface area contributed by atoms with Gasteiger partial charge in [-0.05, 0) is 23.6 Å². The Hall–Kier alpha value is -2.62. The monoisotopic (exact) mass is 280 g/mol. The van der Waals surface area contributed by atoms with Crippen molar-refractivity contribution in [3.8, 4) is 11.3 Å². The van der Waals surface area contributed by atoms with Gasteiger partial charge in [-0.1, -0.05) is 38.1 Å². The summed E-state index contributed by atoms with van der Waals surface area (Å²) in [5.74, 6) is -0.438. The second kappa shape index (κ2) is 5.05. The predicted octanol–water partition coefficient (Wildman–Crippen LogP) is 3.82. The fraction of sp³-hybridized carbons (Fsp3) is 0.176. The first-order valence-electron chi connectivity index (χ1n) is 6.87. The Kier molecular flexibility index (Phi) is 3.22. The van der Waals surface area contributed by atoms with Gasteiger partial charge in [0.05, 0.1) is 11.3 Å². The van der Waals surface area contributed by atoms with Gasteiger partial charge in [0.1, 0.15) is 5.65 Å². The van der Waals surface area contributed by atoms with Crippen LogP contribution < -0.4 is 0 Å². The first kappa shape index (κ1) is 13.4. The van der Waals surface area contributed by atoms with Crippen LogP contribution in [-0.4, -0.2) is 20.5 Å². The highest BCUT2D eigenvalue weighted by Gasteiger charge is 2.08. The minimum Gasteiger partial charge on any atom is -0.478 e. The Balaban J connectivity index is 2.02. The molecule has 0 atom stereocenters. The molecular weight excluding hydrogens is 264 g/mol. The average Bonchev–Trinajstić information content (AvgIpc) is 2.90. The number of carbonyl (C=O) groups is 1. The second-order valence-electron chi connectivity index (χ2n) is 5.39. The molecule has 21 heavy (non-hydrogen) atoms. The van der Waals surface area contributed by atoms with E-state index in [0.717, 1.165) is 16.9 Å². The molecule has 0 aliphatic rings. The number of imidazole rings is 1. The van der Waals surface area contributed by atoms with Crippen molar-refractivity contribution < 1.29 is 9.90 Å². The molecule has 106 valence electrons. The molecule has 1 N–H and O–H groups in total. The van der Waals surface area contributed by atoms with E-state index in [1.54, 1.807) is 22.7 Å². The van der Waals surface area contributed by atoms with E-state index in [2.05, 4.69) is 43.1 Å². The van der Waals surface area contributed by atoms with Crippen molar-refractivity contribution in [2.45, 2.75) is 19.8 Å². The number of pyridine rings is 1. The van der Waals surface area contributed by atoms with Gasteiger partial charge in [-0.2, -0.15) is 0 Å². The molecule has 2 aromatic heterocycles. The second-order valence-corrected chi connectivity index (χ2v) is 5.39. The highest BCUT2D eigenvalue weighted by molar-refractivity contribution is 5.87. The molecule has 2 heterocycles. The number of aromatic nitrogens is 2. The van der Waals surface area contributed by atoms with E-state index in [9.17, 15) is 4.79 Å². The minimum absolute atomic E-state index is 0.251. The van der Waals surface area contributed by atoms with Crippen LogP contribution in [0, 0.1) is 0 Å². The zero-order valence-electron chi connectivity index (χ0n) is 11.9. The van der Waals surface area contributed by atoms with E-state index < -0.39 is 5.97 Å². The van der Waals surface area contributed by atoms with Crippen molar-refractivity contribution in [3.05, 3.63) is 59.9 Å². The van der Waals surface area contributed by atoms with Crippen LogP contribution in [0.3, 0.4) is 0 Å². The number of aromatic carboxylic acids is 1. The van der Waals surface area contributed by atoms with E-state index in [1.165, 1.54) is 5.56 Å². The fourth-order valence-electron chi connectivity index (χ4n) is 2.30. The molecule has 0 fully saturated rings. The number of carboxylic acid groups (broad SMARTS) is 1. The largest absolute Gasteiger partial charge is 0.478 e. The van der Waals surface area contributed by atoms with Gasteiger partial charge in [-0.3, -0.25) is 0 Å². The molecule has 0 saturated heterocycles. The van der Waals surface area contributed by atoms with E-state index in [-0.39, 0.29) is 5.56 Å². The van der Waals surface area contributed by atoms with Crippen LogP contribution in [-0.2, 0) is 0 Å². The molecule has 4 heteroatoms. The summed E-state index contributed by atoms with van der Waals surface area (Å²) in [5, 5.41) is 9.02. The topological polar surface area (TPSA) is 54.6 Å². The van der Waals surface area contributed by atoms with Crippen LogP contribution in [0.2, 0.25) is 0 Å². The van der Waals surface area contributed by atoms with E-state index in [0.29, 0.717) is 5.92 Å². The Labute approximate surface area is 122 Å². The van der Waals surface area contributed by atoms with Gasteiger partial charge in [-0.25, -0.2) is 9.78 Å². The van der Waals surface area contributed by atoms with E-state index in [1.807, 2.05) is 6.20 Å². The fourth-order valence-corrected chi connectivity index (χ4v) is 2.30. The lowest BCUT2D eigenvalue weighted by Crippen LogP contribution is -1.97. The summed E-state index contributed by atoms with van der Waals surface area (Å²) in [6.45, 7) is 4.32. The summed E-state index contributed by atoms with van der Waals surface area (Å²) < 4.78 is 1.75. The molecule has 3 rings (SSSR count). The number of fused-ring (bicyclic) bond motifs is 1. The number of rotatable bonds is 3. The molecule has 0 aliphatic heterocycles. The van der Waals surface area contributed by atoms with E-state index >= 15 is 0 Å². The van der Waals surface area contributed by atoms with Gasteiger partial charge < -0.3 is 9.51 Å². The molecule has 1 aromatic carbocycles. The number of hydrogen-bond acceptors (Lipinski definition) is 2. The quantitative estimate of drug-likeness (QED) is 0.793. The molecule has 4 nitrogen and oxygen atoms in total. The van der Waals surface area contributed by atoms with Crippen molar-refractivity contribution >= 4 is 11.6 Å². The zero-order chi connectivity index (χ0) is 15.0. The van der Waals surface area contributed by atoms with Gasteiger partial charge in [0.15, 0.2) is 0 Å². The predicted molar refractivity (Wildman–Crippen MR) is 81.7 cm³/mol. The summed E-state index contributed by atoms with van der Waals surface area (Å²) in [7, 11) is 0. The maximum absolute atomic E-state index is 11.0. The lowest BCUT2D eigenvalue weighted by molar-refractivity contribution is 0.0696. The number of carboxylic acids is 1. The summed E-state index contributed by atoms with van der Waals surface area (Å²) in [6, 6.07) is 11.6. The molecule has 0 spiro atoms. The van der Waals surface area contributed by atoms with Gasteiger partial charge in [0, 0.05) is 18.0 Å². The summed E-state index contributed by atoms with van der Waals surface area (Å²) in [5.41, 5.74) is 4.15. The van der Waals surface area contributed by atoms with Gasteiger partial charge >= 0.3 is 5.97 Å². The first-order valence-corrected chi connectivity index (χ1v) is 6.87. The van der Waals surface area contributed by atoms with Crippen molar-refractivity contribution in [2.75, 3.05) is 0 Å². The lowest BCUT2D eigenvalue weighted by atomic mass is 10.0. The highest BCUT2D eigenvalue weighted by Crippen LogP contribution is 2.22. The average molecular weight is 280 g/mol. The molecule has 0 bridgehead atoms. The van der Waals surface area contributed by atoms with Crippen molar-refractivity contribution in [3.63, 3.8) is 0 Å². The molecule has 0 aliphatic carbocycles. The molecule has 3 aromatic rings. The molecule has 0 unspecified atom stereocenters. The maximum Gasteiger partial charge on any atom is 0.337 e. The molecule has 0 radical (unpaired) electrons. The number of benzene rings is 1. The zero-order valence-corrected chi connectivity index (χ0v) is 11.9. The smallest absolute Gasteiger partial charge is 0.337 e. The van der Waals surface area contributed by atoms with Crippen LogP contribution in [0.1, 0.15) is 35.7 Å². The Bertz CT molecular complexity index is 801. The standard InChI is InChI=1S/C17H16N2O2/c1-11(2)12-3-5-13(6-4-12)15-10-19-9-14(17(20)21)7-8-16(19)18-15/h3-11H,1-2H3,(H,20,21). The van der Waals surface area contributed by atoms with Crippen molar-refractivity contribution in [1.29, 1.82) is 0 Å². The Morgan fingerprint density at radius 1 is 1.10 bits per heavy atom. The van der Waals surface area contributed by atoms with Crippen LogP contribution >= 0.6 is 0 Å². The molecule has 0 saturated carbocycles. The van der Waals surface area contributed by atoms with Gasteiger partial charge in [-0.15, -0.1) is 0 Å². The third kappa shape index (κ3) is 2.52. The number of nitrogens with zero attached hydrogens (tertiary/aromatic N) is 2. The highest BCUT2D eigenvalue weighted by atomic mass is 16.4. The maximum atomic E-state index is 11.0. The SMILES string of the molecule is CC(C)c1ccc(-c2cn3cc(C(=O)O)ccc3n2)cc1. The number of hydrogen-bond donors (Lipinski definition) is 1. The lowest BCUT2D eigenvalue weighted by Gasteiger charge is -2.05. The molecular formula is C17H16N2O2. The van der Waals surface area contributed by atoms with Gasteiger partial charge in [0.2, 0.25) is 0 Å². The Morgan fingerprint density at radius 3 is 2.43 bits per heavy atom. The van der Waals surface area contributed by atoms with Crippen LogP contribution in [0.25, 0.3) is 16.9 Å². The van der Waals surface area contributed by atoms with Crippen molar-refractivity contribution in [1.82, 2.24) is 9.38 Å². The Morgan fingerprint density at radius 2 is 1.81 bits per heavy atom. The van der Waals surface area contributed by atoms with Gasteiger partial charge in [0.25, 0.3) is 0 Å². The molecule has 0 amide bonds. The third-order valence-corrected chi connectivity index (χ3v) is 3.57. The van der Waals surface area contributed by atoms with Crippen LogP contribution in [0.15, 0.2) is 48.8 Å². The summed E-state index contributed by atoms with van der Waals surface area (Å²) in [4.78, 5) is 15.5. The normalized spacial score (nSPS) is 11.2. The van der Waals surface area contributed by atoms with Crippen molar-refractivity contribution in [2.24, 2.45) is 0 Å². The van der Waals surface area contributed by atoms with Crippen LogP contribution in [0.4, 0.5) is 0 Å². The van der Waals surface area contributed by atoms with E-state index in [4.69, 9.17) is 5.11 Å².